The maximum Gasteiger partial charge on any atom is 0.408 e. The zero-order valence-corrected chi connectivity index (χ0v) is 39.6. The quantitative estimate of drug-likeness (QED) is 0.0371. The van der Waals surface area contributed by atoms with Crippen molar-refractivity contribution in [2.24, 2.45) is 0 Å². The number of ether oxygens (including phenoxy) is 2. The molecule has 0 aliphatic rings. The molecule has 0 aromatic rings. The van der Waals surface area contributed by atoms with Crippen LogP contribution in [0.15, 0.2) is 0 Å². The molecule has 0 bridgehead atoms. The predicted octanol–water partition coefficient (Wildman–Crippen LogP) is -3.70. The van der Waals surface area contributed by atoms with E-state index in [1.165, 1.54) is 55.4 Å². The van der Waals surface area contributed by atoms with Crippen molar-refractivity contribution >= 4 is 77.2 Å². The Labute approximate surface area is 386 Å². The van der Waals surface area contributed by atoms with Gasteiger partial charge in [0, 0.05) is 12.8 Å². The molecule has 0 heterocycles. The van der Waals surface area contributed by atoms with Gasteiger partial charge < -0.3 is 72.9 Å². The number of esters is 1. The number of methoxy groups -OCH3 is 1. The number of hydrogen-bond donors (Lipinski definition) is 12. The minimum atomic E-state index is -1.46. The molecule has 0 rings (SSSR count). The van der Waals surface area contributed by atoms with Gasteiger partial charge in [-0.25, -0.2) is 9.59 Å². The van der Waals surface area contributed by atoms with Crippen molar-refractivity contribution in [2.75, 3.05) is 7.11 Å². The van der Waals surface area contributed by atoms with E-state index in [0.717, 1.165) is 7.11 Å². The number of hydrogen-bond acceptors (Lipinski definition) is 15. The fourth-order valence-corrected chi connectivity index (χ4v) is 5.17. The number of carboxylic acids is 2. The first-order chi connectivity index (χ1) is 30.8. The fraction of sp³-hybridized carbons (Fsp3) is 0.675. The van der Waals surface area contributed by atoms with Crippen LogP contribution in [-0.4, -0.2) is 161 Å². The number of amides is 10. The van der Waals surface area contributed by atoms with Crippen LogP contribution in [0.1, 0.15) is 102 Å². The van der Waals surface area contributed by atoms with Gasteiger partial charge >= 0.3 is 24.0 Å². The first-order valence-corrected chi connectivity index (χ1v) is 21.0. The standard InChI is InChI=1S/C40H66N10O17/c1-17(42-31(57)19(3)44-33(59)21(5)46-36(62)25(13-15-27(51)52)50-35(61)23(7)48-39(65)67-40(9,10)11)29(55)41-18(2)30(56)43-20(4)32(58)45-22(6)34(60)49-26(14-16-28(53)54)37(63)47-24(8)38(64)66-12/h17-26H,13-16H2,1-12H3,(H,41,55)(H,42,57)(H,43,56)(H,44,59)(H,45,58)(H,46,62)(H,47,63)(H,48,65)(H,49,60)(H,50,61)(H,51,52)(H,53,54)/t17-,18-,19-,20-,21-,22-,23-,24-,25-,26-/m0/s1. The number of aliphatic carboxylic acids is 2. The number of alkyl carbamates (subject to hydrolysis) is 1. The molecule has 0 saturated heterocycles. The molecule has 0 radical (unpaired) electrons. The van der Waals surface area contributed by atoms with Crippen molar-refractivity contribution in [3.05, 3.63) is 0 Å². The molecule has 10 amide bonds. The number of carbonyl (C=O) groups is 13. The minimum Gasteiger partial charge on any atom is -0.481 e. The third-order valence-corrected chi connectivity index (χ3v) is 9.11. The van der Waals surface area contributed by atoms with E-state index in [-0.39, 0.29) is 12.8 Å². The van der Waals surface area contributed by atoms with Crippen molar-refractivity contribution in [2.45, 2.75) is 168 Å². The van der Waals surface area contributed by atoms with Gasteiger partial charge in [0.25, 0.3) is 0 Å². The predicted molar refractivity (Wildman–Crippen MR) is 232 cm³/mol. The molecule has 27 nitrogen and oxygen atoms in total. The van der Waals surface area contributed by atoms with E-state index in [1.54, 1.807) is 20.8 Å². The molecule has 378 valence electrons. The Balaban J connectivity index is 5.27. The summed E-state index contributed by atoms with van der Waals surface area (Å²) in [5.41, 5.74) is -0.871. The monoisotopic (exact) mass is 958 g/mol. The molecule has 0 aliphatic carbocycles. The van der Waals surface area contributed by atoms with Crippen LogP contribution in [-0.2, 0) is 67.0 Å². The van der Waals surface area contributed by atoms with Crippen LogP contribution in [0.3, 0.4) is 0 Å². The Hall–Kier alpha value is -7.09. The Morgan fingerprint density at radius 2 is 0.627 bits per heavy atom. The number of nitrogens with one attached hydrogen (secondary N) is 10. The molecular formula is C40H66N10O17. The van der Waals surface area contributed by atoms with Crippen LogP contribution >= 0.6 is 0 Å². The second-order valence-corrected chi connectivity index (χ2v) is 16.5. The molecular weight excluding hydrogens is 892 g/mol. The summed E-state index contributed by atoms with van der Waals surface area (Å²) in [7, 11) is 1.09. The van der Waals surface area contributed by atoms with Gasteiger partial charge in [-0.1, -0.05) is 0 Å². The van der Waals surface area contributed by atoms with E-state index in [4.69, 9.17) is 14.9 Å². The van der Waals surface area contributed by atoms with Gasteiger partial charge in [0.2, 0.25) is 53.2 Å². The Bertz CT molecular complexity index is 1860. The molecule has 27 heteroatoms. The van der Waals surface area contributed by atoms with Crippen LogP contribution in [0.5, 0.6) is 0 Å². The lowest BCUT2D eigenvalue weighted by Crippen LogP contribution is -2.58. The maximum atomic E-state index is 13.1. The van der Waals surface area contributed by atoms with E-state index in [0.29, 0.717) is 0 Å². The lowest BCUT2D eigenvalue weighted by atomic mass is 10.1. The molecule has 0 spiro atoms. The minimum absolute atomic E-state index is 0.360. The van der Waals surface area contributed by atoms with E-state index in [9.17, 15) is 62.3 Å². The lowest BCUT2D eigenvalue weighted by molar-refractivity contribution is -0.145. The number of carboxylic acid groups (broad SMARTS) is 2. The molecule has 0 aliphatic heterocycles. The maximum absolute atomic E-state index is 13.1. The van der Waals surface area contributed by atoms with Gasteiger partial charge in [-0.2, -0.15) is 0 Å². The first kappa shape index (κ1) is 59.9. The lowest BCUT2D eigenvalue weighted by Gasteiger charge is -2.25. The van der Waals surface area contributed by atoms with Crippen molar-refractivity contribution in [3.63, 3.8) is 0 Å². The van der Waals surface area contributed by atoms with Gasteiger partial charge in [0.15, 0.2) is 0 Å². The summed E-state index contributed by atoms with van der Waals surface area (Å²) in [6, 6.07) is -13.0. The Morgan fingerprint density at radius 1 is 0.388 bits per heavy atom. The highest BCUT2D eigenvalue weighted by Gasteiger charge is 2.32. The van der Waals surface area contributed by atoms with E-state index < -0.39 is 156 Å². The third-order valence-electron chi connectivity index (χ3n) is 9.11. The summed E-state index contributed by atoms with van der Waals surface area (Å²) in [5, 5.41) is 41.5. The molecule has 0 aromatic heterocycles. The fourth-order valence-electron chi connectivity index (χ4n) is 5.17. The first-order valence-electron chi connectivity index (χ1n) is 21.0. The van der Waals surface area contributed by atoms with Gasteiger partial charge in [-0.3, -0.25) is 52.7 Å². The summed E-state index contributed by atoms with van der Waals surface area (Å²) in [6.07, 6.45) is -2.75. The summed E-state index contributed by atoms with van der Waals surface area (Å²) < 4.78 is 9.63. The molecule has 0 fully saturated rings. The van der Waals surface area contributed by atoms with Crippen LogP contribution in [0.2, 0.25) is 0 Å². The molecule has 12 N–H and O–H groups in total. The smallest absolute Gasteiger partial charge is 0.408 e. The normalized spacial score (nSPS) is 15.4. The Morgan fingerprint density at radius 3 is 0.881 bits per heavy atom. The van der Waals surface area contributed by atoms with Crippen molar-refractivity contribution < 1.29 is 82.0 Å². The molecule has 0 aromatic carbocycles. The van der Waals surface area contributed by atoms with Crippen LogP contribution < -0.4 is 53.2 Å². The molecule has 0 saturated carbocycles. The van der Waals surface area contributed by atoms with Gasteiger partial charge in [0.1, 0.15) is 66.0 Å². The van der Waals surface area contributed by atoms with Gasteiger partial charge in [-0.15, -0.1) is 0 Å². The van der Waals surface area contributed by atoms with Crippen LogP contribution in [0, 0.1) is 0 Å². The van der Waals surface area contributed by atoms with Crippen molar-refractivity contribution in [3.8, 4) is 0 Å². The van der Waals surface area contributed by atoms with Crippen LogP contribution in [0.25, 0.3) is 0 Å². The summed E-state index contributed by atoms with van der Waals surface area (Å²) >= 11 is 0. The van der Waals surface area contributed by atoms with E-state index >= 15 is 0 Å². The molecule has 67 heavy (non-hydrogen) atoms. The van der Waals surface area contributed by atoms with Gasteiger partial charge in [-0.05, 0) is 89.0 Å². The second kappa shape index (κ2) is 28.1. The highest BCUT2D eigenvalue weighted by atomic mass is 16.6. The van der Waals surface area contributed by atoms with Crippen LogP contribution in [0.4, 0.5) is 4.79 Å². The highest BCUT2D eigenvalue weighted by Crippen LogP contribution is 2.08. The third kappa shape index (κ3) is 23.6. The topological polar surface area (TPSA) is 401 Å². The molecule has 0 unspecified atom stereocenters. The second-order valence-electron chi connectivity index (χ2n) is 16.5. The highest BCUT2D eigenvalue weighted by molar-refractivity contribution is 5.98. The van der Waals surface area contributed by atoms with E-state index in [1.807, 2.05) is 0 Å². The summed E-state index contributed by atoms with van der Waals surface area (Å²) in [6.45, 7) is 15.0. The zero-order chi connectivity index (χ0) is 52.1. The largest absolute Gasteiger partial charge is 0.481 e. The zero-order valence-electron chi connectivity index (χ0n) is 39.6. The van der Waals surface area contributed by atoms with E-state index in [2.05, 4.69) is 57.9 Å². The SMILES string of the molecule is COC(=O)[C@H](C)NC(=O)[C@H](CCC(=O)O)NC(=O)[C@H](C)NC(=O)[C@H](C)NC(=O)[C@H](C)NC(=O)[C@H](C)NC(=O)[C@H](C)NC(=O)[C@H](C)NC(=O)[C@H](CCC(=O)O)NC(=O)[C@H](C)NC(=O)OC(C)(C)C. The molecule has 10 atom stereocenters. The van der Waals surface area contributed by atoms with Crippen molar-refractivity contribution in [1.29, 1.82) is 0 Å². The number of rotatable bonds is 26. The Kier molecular flexibility index (Phi) is 25.1. The summed E-state index contributed by atoms with van der Waals surface area (Å²) in [5.74, 6) is -11.3. The average Bonchev–Trinajstić information content (AvgIpc) is 3.21. The average molecular weight is 959 g/mol. The van der Waals surface area contributed by atoms with Gasteiger partial charge in [0.05, 0.1) is 7.11 Å². The summed E-state index contributed by atoms with van der Waals surface area (Å²) in [4.78, 5) is 162. The van der Waals surface area contributed by atoms with Crippen molar-refractivity contribution in [1.82, 2.24) is 53.2 Å². The number of carbonyl (C=O) groups excluding carboxylic acids is 11.